The Morgan fingerprint density at radius 2 is 2.11 bits per heavy atom. The van der Waals surface area contributed by atoms with Crippen molar-refractivity contribution in [3.8, 4) is 0 Å². The lowest BCUT2D eigenvalue weighted by Crippen LogP contribution is -2.14. The van der Waals surface area contributed by atoms with Gasteiger partial charge < -0.3 is 0 Å². The Labute approximate surface area is 116 Å². The van der Waals surface area contributed by atoms with E-state index in [4.69, 9.17) is 12.2 Å². The number of thioether (sulfide) groups is 1. The fourth-order valence-corrected chi connectivity index (χ4v) is 1.82. The van der Waals surface area contributed by atoms with E-state index < -0.39 is 0 Å². The third-order valence-electron chi connectivity index (χ3n) is 2.52. The summed E-state index contributed by atoms with van der Waals surface area (Å²) >= 11 is 6.50. The van der Waals surface area contributed by atoms with Gasteiger partial charge in [0.25, 0.3) is 0 Å². The van der Waals surface area contributed by atoms with Gasteiger partial charge in [0.2, 0.25) is 0 Å². The topological polar surface area (TPSA) is 37.3 Å². The molecule has 1 heterocycles. The van der Waals surface area contributed by atoms with E-state index in [1.807, 2.05) is 37.4 Å². The van der Waals surface area contributed by atoms with Crippen LogP contribution in [-0.2, 0) is 0 Å². The first-order valence-corrected chi connectivity index (χ1v) is 7.08. The molecule has 0 radical (unpaired) electrons. The summed E-state index contributed by atoms with van der Waals surface area (Å²) in [4.78, 5) is 4.39. The quantitative estimate of drug-likeness (QED) is 0.519. The summed E-state index contributed by atoms with van der Waals surface area (Å²) in [6.45, 7) is 1.92. The van der Waals surface area contributed by atoms with Crippen LogP contribution in [0.5, 0.6) is 0 Å². The van der Waals surface area contributed by atoms with Crippen molar-refractivity contribution in [3.05, 3.63) is 42.2 Å². The molecule has 0 aliphatic carbocycles. The van der Waals surface area contributed by atoms with Crippen molar-refractivity contribution < 1.29 is 0 Å². The Morgan fingerprint density at radius 3 is 2.89 bits per heavy atom. The van der Waals surface area contributed by atoms with Gasteiger partial charge in [-0.25, -0.2) is 0 Å². The minimum Gasteiger partial charge on any atom is -0.262 e. The zero-order valence-corrected chi connectivity index (χ0v) is 11.8. The minimum absolute atomic E-state index is 0.648. The van der Waals surface area contributed by atoms with E-state index in [0.29, 0.717) is 4.32 Å². The molecule has 0 saturated heterocycles. The van der Waals surface area contributed by atoms with Gasteiger partial charge in [-0.05, 0) is 24.6 Å². The van der Waals surface area contributed by atoms with Crippen molar-refractivity contribution >= 4 is 44.8 Å². The van der Waals surface area contributed by atoms with Crippen LogP contribution in [0, 0.1) is 0 Å². The molecule has 0 aliphatic rings. The van der Waals surface area contributed by atoms with Gasteiger partial charge in [0.05, 0.1) is 11.4 Å². The molecule has 18 heavy (non-hydrogen) atoms. The van der Waals surface area contributed by atoms with E-state index in [1.165, 1.54) is 11.8 Å². The number of nitrogens with zero attached hydrogens (tertiary/aromatic N) is 2. The number of nitrogens with one attached hydrogen (secondary N) is 1. The summed E-state index contributed by atoms with van der Waals surface area (Å²) in [5, 5.41) is 6.51. The predicted molar refractivity (Wildman–Crippen MR) is 83.2 cm³/mol. The van der Waals surface area contributed by atoms with Gasteiger partial charge in [-0.15, -0.1) is 0 Å². The molecule has 0 amide bonds. The van der Waals surface area contributed by atoms with Crippen LogP contribution in [-0.4, -0.2) is 21.3 Å². The SMILES string of the molecule is CSC(=S)N/N=C(/C)c1nccc2ccccc12. The molecule has 0 aliphatic heterocycles. The Balaban J connectivity index is 2.38. The van der Waals surface area contributed by atoms with Crippen LogP contribution in [0.25, 0.3) is 10.8 Å². The number of hydrogen-bond acceptors (Lipinski definition) is 4. The fourth-order valence-electron chi connectivity index (χ4n) is 1.64. The van der Waals surface area contributed by atoms with E-state index in [0.717, 1.165) is 22.2 Å². The van der Waals surface area contributed by atoms with Crippen molar-refractivity contribution in [1.29, 1.82) is 0 Å². The van der Waals surface area contributed by atoms with Crippen LogP contribution in [0.4, 0.5) is 0 Å². The fraction of sp³-hybridized carbons (Fsp3) is 0.154. The maximum absolute atomic E-state index is 5.04. The second-order valence-electron chi connectivity index (χ2n) is 3.68. The zero-order chi connectivity index (χ0) is 13.0. The Morgan fingerprint density at radius 1 is 1.33 bits per heavy atom. The molecule has 92 valence electrons. The van der Waals surface area contributed by atoms with Gasteiger partial charge in [0.1, 0.15) is 0 Å². The second-order valence-corrected chi connectivity index (χ2v) is 5.16. The summed E-state index contributed by atoms with van der Waals surface area (Å²) in [6.07, 6.45) is 3.71. The lowest BCUT2D eigenvalue weighted by atomic mass is 10.1. The van der Waals surface area contributed by atoms with E-state index >= 15 is 0 Å². The van der Waals surface area contributed by atoms with Crippen molar-refractivity contribution in [1.82, 2.24) is 10.4 Å². The molecule has 3 nitrogen and oxygen atoms in total. The lowest BCUT2D eigenvalue weighted by Gasteiger charge is -2.05. The Kier molecular flexibility index (Phi) is 4.28. The van der Waals surface area contributed by atoms with Crippen LogP contribution in [0.3, 0.4) is 0 Å². The van der Waals surface area contributed by atoms with Gasteiger partial charge in [0, 0.05) is 11.6 Å². The summed E-state index contributed by atoms with van der Waals surface area (Å²) in [5.41, 5.74) is 4.54. The summed E-state index contributed by atoms with van der Waals surface area (Å²) in [7, 11) is 0. The highest BCUT2D eigenvalue weighted by molar-refractivity contribution is 8.22. The van der Waals surface area contributed by atoms with Gasteiger partial charge in [-0.3, -0.25) is 10.4 Å². The standard InChI is InChI=1S/C13H13N3S2/c1-9(15-16-13(17)18-2)12-11-6-4-3-5-10(11)7-8-14-12/h3-8H,1-2H3,(H,16,17)/b15-9-. The van der Waals surface area contributed by atoms with Crippen LogP contribution in [0.2, 0.25) is 0 Å². The zero-order valence-electron chi connectivity index (χ0n) is 10.2. The van der Waals surface area contributed by atoms with Gasteiger partial charge >= 0.3 is 0 Å². The van der Waals surface area contributed by atoms with E-state index in [9.17, 15) is 0 Å². The molecule has 2 aromatic rings. The molecule has 0 fully saturated rings. The van der Waals surface area contributed by atoms with Gasteiger partial charge in [0.15, 0.2) is 4.32 Å². The number of pyridine rings is 1. The number of hydrazone groups is 1. The average Bonchev–Trinajstić information content (AvgIpc) is 2.43. The highest BCUT2D eigenvalue weighted by Gasteiger charge is 2.05. The molecule has 5 heteroatoms. The van der Waals surface area contributed by atoms with Crippen LogP contribution in [0.15, 0.2) is 41.6 Å². The van der Waals surface area contributed by atoms with Crippen LogP contribution < -0.4 is 5.43 Å². The number of benzene rings is 1. The smallest absolute Gasteiger partial charge is 0.153 e. The second kappa shape index (κ2) is 5.93. The van der Waals surface area contributed by atoms with Gasteiger partial charge in [-0.1, -0.05) is 48.2 Å². The summed E-state index contributed by atoms with van der Waals surface area (Å²) in [5.74, 6) is 0. The largest absolute Gasteiger partial charge is 0.262 e. The molecule has 1 aromatic heterocycles. The van der Waals surface area contributed by atoms with E-state index in [2.05, 4.69) is 21.6 Å². The molecule has 1 N–H and O–H groups in total. The third-order valence-corrected chi connectivity index (χ3v) is 3.57. The molecule has 0 atom stereocenters. The maximum Gasteiger partial charge on any atom is 0.153 e. The van der Waals surface area contributed by atoms with Crippen LogP contribution >= 0.6 is 24.0 Å². The number of thiocarbonyl (C=S) groups is 1. The lowest BCUT2D eigenvalue weighted by molar-refractivity contribution is 1.05. The van der Waals surface area contributed by atoms with Crippen molar-refractivity contribution in [2.45, 2.75) is 6.92 Å². The average molecular weight is 275 g/mol. The van der Waals surface area contributed by atoms with Gasteiger partial charge in [-0.2, -0.15) is 5.10 Å². The molecular formula is C13H13N3S2. The third kappa shape index (κ3) is 2.86. The molecule has 1 aromatic carbocycles. The minimum atomic E-state index is 0.648. The van der Waals surface area contributed by atoms with Crippen molar-refractivity contribution in [3.63, 3.8) is 0 Å². The highest BCUT2D eigenvalue weighted by Crippen LogP contribution is 2.16. The molecule has 0 unspecified atom stereocenters. The number of hydrogen-bond donors (Lipinski definition) is 1. The molecular weight excluding hydrogens is 262 g/mol. The number of aromatic nitrogens is 1. The number of fused-ring (bicyclic) bond motifs is 1. The summed E-state index contributed by atoms with van der Waals surface area (Å²) < 4.78 is 0.648. The Hall–Kier alpha value is -1.46. The maximum atomic E-state index is 5.04. The van der Waals surface area contributed by atoms with Crippen molar-refractivity contribution in [2.24, 2.45) is 5.10 Å². The van der Waals surface area contributed by atoms with Crippen LogP contribution in [0.1, 0.15) is 12.6 Å². The molecule has 2 rings (SSSR count). The molecule has 0 bridgehead atoms. The highest BCUT2D eigenvalue weighted by atomic mass is 32.2. The molecule has 0 saturated carbocycles. The first-order valence-electron chi connectivity index (χ1n) is 5.44. The first-order chi connectivity index (χ1) is 8.72. The van der Waals surface area contributed by atoms with E-state index in [1.54, 1.807) is 6.20 Å². The predicted octanol–water partition coefficient (Wildman–Crippen LogP) is 3.20. The summed E-state index contributed by atoms with van der Waals surface area (Å²) in [6, 6.07) is 10.1. The van der Waals surface area contributed by atoms with Crippen molar-refractivity contribution in [2.75, 3.05) is 6.26 Å². The molecule has 0 spiro atoms. The Bertz CT molecular complexity index is 603. The first kappa shape index (κ1) is 13.0. The van der Waals surface area contributed by atoms with E-state index in [-0.39, 0.29) is 0 Å². The normalized spacial score (nSPS) is 11.6. The number of rotatable bonds is 2. The monoisotopic (exact) mass is 275 g/mol.